The summed E-state index contributed by atoms with van der Waals surface area (Å²) < 4.78 is 0. The molecule has 1 aromatic carbocycles. The number of rotatable bonds is 4. The number of nitrogens with one attached hydrogen (secondary N) is 1. The maximum Gasteiger partial charge on any atom is 0.261 e. The average molecular weight is 277 g/mol. The second-order valence-corrected chi connectivity index (χ2v) is 5.60. The van der Waals surface area contributed by atoms with Gasteiger partial charge in [0.25, 0.3) is 5.91 Å². The topological polar surface area (TPSA) is 29.1 Å². The number of carbonyl (C=O) groups excluding carboxylic acids is 1. The number of benzene rings is 1. The molecule has 18 heavy (non-hydrogen) atoms. The van der Waals surface area contributed by atoms with Crippen molar-refractivity contribution in [1.82, 2.24) is 5.32 Å². The van der Waals surface area contributed by atoms with Crippen LogP contribution in [-0.2, 0) is 0 Å². The van der Waals surface area contributed by atoms with Crippen molar-refractivity contribution in [2.45, 2.75) is 18.2 Å². The second-order valence-electron chi connectivity index (χ2n) is 4.09. The van der Waals surface area contributed by atoms with Gasteiger partial charge in [0.1, 0.15) is 0 Å². The van der Waals surface area contributed by atoms with Crippen molar-refractivity contribution in [3.8, 4) is 0 Å². The third-order valence-electron chi connectivity index (χ3n) is 2.72. The molecule has 1 aromatic heterocycles. The van der Waals surface area contributed by atoms with Gasteiger partial charge in [-0.05, 0) is 23.9 Å². The summed E-state index contributed by atoms with van der Waals surface area (Å²) >= 11 is 6.02. The van der Waals surface area contributed by atoms with Crippen LogP contribution in [0.4, 0.5) is 0 Å². The van der Waals surface area contributed by atoms with E-state index in [0.29, 0.717) is 0 Å². The van der Waals surface area contributed by atoms with Crippen LogP contribution in [0.2, 0.25) is 0 Å². The van der Waals surface area contributed by atoms with Gasteiger partial charge in [0, 0.05) is 11.3 Å². The molecular weight excluding hydrogens is 262 g/mol. The van der Waals surface area contributed by atoms with E-state index < -0.39 is 0 Å². The molecule has 0 saturated carbocycles. The predicted octanol–water partition coefficient (Wildman–Crippen LogP) is 3.54. The molecular formula is C14H15NOS2. The number of carbonyl (C=O) groups is 1. The molecule has 2 aromatic rings. The van der Waals surface area contributed by atoms with Crippen molar-refractivity contribution in [2.75, 3.05) is 0 Å². The van der Waals surface area contributed by atoms with E-state index in [1.54, 1.807) is 0 Å². The summed E-state index contributed by atoms with van der Waals surface area (Å²) in [5.74, 6) is -0.0347. The van der Waals surface area contributed by atoms with Crippen LogP contribution < -0.4 is 5.32 Å². The molecule has 2 atom stereocenters. The van der Waals surface area contributed by atoms with Gasteiger partial charge in [0.05, 0.1) is 4.88 Å². The van der Waals surface area contributed by atoms with Crippen LogP contribution in [-0.4, -0.2) is 11.9 Å². The summed E-state index contributed by atoms with van der Waals surface area (Å²) in [5.41, 5.74) is 1.11. The summed E-state index contributed by atoms with van der Waals surface area (Å²) in [6.45, 7) is 1.97. The van der Waals surface area contributed by atoms with Crippen LogP contribution in [0.5, 0.6) is 0 Å². The van der Waals surface area contributed by atoms with Gasteiger partial charge >= 0.3 is 0 Å². The van der Waals surface area contributed by atoms with E-state index in [-0.39, 0.29) is 17.2 Å². The van der Waals surface area contributed by atoms with Crippen molar-refractivity contribution in [2.24, 2.45) is 0 Å². The Balaban J connectivity index is 2.00. The zero-order chi connectivity index (χ0) is 13.0. The van der Waals surface area contributed by atoms with Gasteiger partial charge in [-0.2, -0.15) is 12.6 Å². The molecule has 2 rings (SSSR count). The van der Waals surface area contributed by atoms with Gasteiger partial charge in [-0.15, -0.1) is 11.3 Å². The Kier molecular flexibility index (Phi) is 4.44. The molecule has 0 fully saturated rings. The SMILES string of the molecule is C[C@@H](NC(=O)c1cccs1)[C@@H](S)c1ccccc1. The molecule has 0 unspecified atom stereocenters. The molecule has 0 aliphatic carbocycles. The molecule has 4 heteroatoms. The lowest BCUT2D eigenvalue weighted by Gasteiger charge is -2.20. The fraction of sp³-hybridized carbons (Fsp3) is 0.214. The summed E-state index contributed by atoms with van der Waals surface area (Å²) in [7, 11) is 0. The minimum absolute atomic E-state index is 0.00453. The fourth-order valence-corrected chi connectivity index (χ4v) is 2.58. The Morgan fingerprint density at radius 1 is 1.22 bits per heavy atom. The van der Waals surface area contributed by atoms with Gasteiger partial charge in [0.15, 0.2) is 0 Å². The van der Waals surface area contributed by atoms with Crippen LogP contribution in [0.3, 0.4) is 0 Å². The fourth-order valence-electron chi connectivity index (χ4n) is 1.70. The molecule has 0 aliphatic heterocycles. The summed E-state index contributed by atoms with van der Waals surface area (Å²) in [4.78, 5) is 12.6. The predicted molar refractivity (Wildman–Crippen MR) is 79.4 cm³/mol. The van der Waals surface area contributed by atoms with E-state index in [9.17, 15) is 4.79 Å². The highest BCUT2D eigenvalue weighted by Crippen LogP contribution is 2.23. The Morgan fingerprint density at radius 2 is 1.94 bits per heavy atom. The molecule has 1 N–H and O–H groups in total. The second kappa shape index (κ2) is 6.07. The van der Waals surface area contributed by atoms with Crippen molar-refractivity contribution < 1.29 is 4.79 Å². The molecule has 0 radical (unpaired) electrons. The van der Waals surface area contributed by atoms with Gasteiger partial charge < -0.3 is 5.32 Å². The van der Waals surface area contributed by atoms with Crippen LogP contribution >= 0.6 is 24.0 Å². The summed E-state index contributed by atoms with van der Waals surface area (Å²) in [6, 6.07) is 13.6. The largest absolute Gasteiger partial charge is 0.347 e. The van der Waals surface area contributed by atoms with E-state index in [2.05, 4.69) is 17.9 Å². The highest BCUT2D eigenvalue weighted by molar-refractivity contribution is 7.80. The maximum atomic E-state index is 11.9. The molecule has 0 spiro atoms. The van der Waals surface area contributed by atoms with Gasteiger partial charge in [-0.25, -0.2) is 0 Å². The van der Waals surface area contributed by atoms with E-state index in [4.69, 9.17) is 0 Å². The highest BCUT2D eigenvalue weighted by atomic mass is 32.1. The highest BCUT2D eigenvalue weighted by Gasteiger charge is 2.18. The molecule has 94 valence electrons. The number of hydrogen-bond donors (Lipinski definition) is 2. The van der Waals surface area contributed by atoms with Gasteiger partial charge in [-0.1, -0.05) is 36.4 Å². The van der Waals surface area contributed by atoms with E-state index in [1.807, 2.05) is 54.8 Å². The third kappa shape index (κ3) is 3.15. The van der Waals surface area contributed by atoms with Crippen molar-refractivity contribution in [1.29, 1.82) is 0 Å². The van der Waals surface area contributed by atoms with E-state index in [0.717, 1.165) is 10.4 Å². The first-order valence-electron chi connectivity index (χ1n) is 5.76. The van der Waals surface area contributed by atoms with Gasteiger partial charge in [0.2, 0.25) is 0 Å². The van der Waals surface area contributed by atoms with Crippen LogP contribution in [0.25, 0.3) is 0 Å². The lowest BCUT2D eigenvalue weighted by atomic mass is 10.1. The zero-order valence-corrected chi connectivity index (χ0v) is 11.7. The first kappa shape index (κ1) is 13.2. The smallest absolute Gasteiger partial charge is 0.261 e. The summed E-state index contributed by atoms with van der Waals surface area (Å²) in [6.07, 6.45) is 0. The Morgan fingerprint density at radius 3 is 2.56 bits per heavy atom. The zero-order valence-electron chi connectivity index (χ0n) is 10.0. The normalized spacial score (nSPS) is 13.9. The van der Waals surface area contributed by atoms with Crippen molar-refractivity contribution >= 4 is 29.9 Å². The monoisotopic (exact) mass is 277 g/mol. The molecule has 2 nitrogen and oxygen atoms in total. The first-order valence-corrected chi connectivity index (χ1v) is 7.15. The molecule has 0 aliphatic rings. The van der Waals surface area contributed by atoms with Crippen molar-refractivity contribution in [3.63, 3.8) is 0 Å². The molecule has 1 amide bonds. The third-order valence-corrected chi connectivity index (χ3v) is 4.33. The molecule has 0 saturated heterocycles. The number of hydrogen-bond acceptors (Lipinski definition) is 3. The Bertz CT molecular complexity index is 496. The van der Waals surface area contributed by atoms with E-state index >= 15 is 0 Å². The van der Waals surface area contributed by atoms with E-state index in [1.165, 1.54) is 11.3 Å². The number of thiophene rings is 1. The van der Waals surface area contributed by atoms with Crippen LogP contribution in [0, 0.1) is 0 Å². The minimum Gasteiger partial charge on any atom is -0.347 e. The number of amides is 1. The van der Waals surface area contributed by atoms with Crippen LogP contribution in [0.1, 0.15) is 27.4 Å². The minimum atomic E-state index is -0.0347. The van der Waals surface area contributed by atoms with Gasteiger partial charge in [-0.3, -0.25) is 4.79 Å². The number of thiol groups is 1. The Hall–Kier alpha value is -1.26. The average Bonchev–Trinajstić information content (AvgIpc) is 2.92. The molecule has 0 bridgehead atoms. The quantitative estimate of drug-likeness (QED) is 0.822. The van der Waals surface area contributed by atoms with Crippen molar-refractivity contribution in [3.05, 3.63) is 58.3 Å². The first-order chi connectivity index (χ1) is 8.68. The lowest BCUT2D eigenvalue weighted by Crippen LogP contribution is -2.35. The Labute approximate surface area is 116 Å². The lowest BCUT2D eigenvalue weighted by molar-refractivity contribution is 0.0943. The summed E-state index contributed by atoms with van der Waals surface area (Å²) in [5, 5.41) is 4.87. The van der Waals surface area contributed by atoms with Crippen LogP contribution in [0.15, 0.2) is 47.8 Å². The standard InChI is InChI=1S/C14H15NOS2/c1-10(13(17)11-6-3-2-4-7-11)15-14(16)12-8-5-9-18-12/h2-10,13,17H,1H3,(H,15,16)/t10-,13-/m1/s1. The maximum absolute atomic E-state index is 11.9. The molecule has 1 heterocycles.